The maximum atomic E-state index is 13.4. The molecule has 29 heavy (non-hydrogen) atoms. The Kier molecular flexibility index (Phi) is 6.08. The van der Waals surface area contributed by atoms with E-state index in [4.69, 9.17) is 4.74 Å². The third kappa shape index (κ3) is 4.88. The number of benzene rings is 2. The fourth-order valence-corrected chi connectivity index (χ4v) is 3.97. The highest BCUT2D eigenvalue weighted by molar-refractivity contribution is 7.92. The molecule has 0 aliphatic rings. The van der Waals surface area contributed by atoms with Crippen molar-refractivity contribution < 1.29 is 22.3 Å². The van der Waals surface area contributed by atoms with E-state index < -0.39 is 28.3 Å². The van der Waals surface area contributed by atoms with Gasteiger partial charge >= 0.3 is 0 Å². The highest BCUT2D eigenvalue weighted by atomic mass is 32.2. The molecule has 0 aliphatic carbocycles. The van der Waals surface area contributed by atoms with Gasteiger partial charge in [-0.05, 0) is 54.6 Å². The summed E-state index contributed by atoms with van der Waals surface area (Å²) < 4.78 is 45.7. The molecule has 0 saturated carbocycles. The molecule has 3 aromatic rings. The monoisotopic (exact) mass is 415 g/mol. The lowest BCUT2D eigenvalue weighted by Gasteiger charge is -2.24. The number of sulfonamides is 1. The minimum Gasteiger partial charge on any atom is -0.497 e. The Balaban J connectivity index is 1.93. The number of anilines is 2. The van der Waals surface area contributed by atoms with E-state index in [1.165, 1.54) is 62.0 Å². The lowest BCUT2D eigenvalue weighted by Crippen LogP contribution is -2.38. The summed E-state index contributed by atoms with van der Waals surface area (Å²) >= 11 is 0. The van der Waals surface area contributed by atoms with Gasteiger partial charge in [0.05, 0.1) is 12.8 Å². The number of carbonyl (C=O) groups is 1. The van der Waals surface area contributed by atoms with Crippen LogP contribution in [-0.4, -0.2) is 33.0 Å². The van der Waals surface area contributed by atoms with Gasteiger partial charge in [0.1, 0.15) is 23.0 Å². The van der Waals surface area contributed by atoms with Gasteiger partial charge in [0, 0.05) is 18.1 Å². The van der Waals surface area contributed by atoms with Crippen LogP contribution in [0.2, 0.25) is 0 Å². The van der Waals surface area contributed by atoms with Gasteiger partial charge in [0.15, 0.2) is 0 Å². The molecule has 7 nitrogen and oxygen atoms in total. The number of pyridine rings is 1. The second kappa shape index (κ2) is 8.70. The zero-order chi connectivity index (χ0) is 20.9. The van der Waals surface area contributed by atoms with Crippen molar-refractivity contribution in [3.63, 3.8) is 0 Å². The number of aromatic nitrogens is 1. The predicted molar refractivity (Wildman–Crippen MR) is 107 cm³/mol. The Morgan fingerprint density at radius 1 is 1.14 bits per heavy atom. The lowest BCUT2D eigenvalue weighted by atomic mass is 10.3. The number of carbonyl (C=O) groups excluding carboxylic acids is 1. The first kappa shape index (κ1) is 20.3. The third-order valence-electron chi connectivity index (χ3n) is 3.98. The summed E-state index contributed by atoms with van der Waals surface area (Å²) in [5.41, 5.74) is 0.493. The van der Waals surface area contributed by atoms with Gasteiger partial charge in [0.2, 0.25) is 5.91 Å². The summed E-state index contributed by atoms with van der Waals surface area (Å²) in [7, 11) is -2.58. The van der Waals surface area contributed by atoms with Gasteiger partial charge in [-0.3, -0.25) is 14.1 Å². The van der Waals surface area contributed by atoms with Gasteiger partial charge in [-0.15, -0.1) is 0 Å². The van der Waals surface area contributed by atoms with Crippen molar-refractivity contribution in [2.75, 3.05) is 23.3 Å². The van der Waals surface area contributed by atoms with Crippen molar-refractivity contribution in [1.29, 1.82) is 0 Å². The van der Waals surface area contributed by atoms with E-state index in [1.807, 2.05) is 0 Å². The van der Waals surface area contributed by atoms with Crippen LogP contribution in [0, 0.1) is 5.82 Å². The molecule has 0 bridgehead atoms. The number of amides is 1. The standard InChI is InChI=1S/C20H18FN3O4S/c1-28-18-9-7-17(8-10-18)24(29(26,27)19-6-3-11-22-13-19)14-20(25)23-16-5-2-4-15(21)12-16/h2-13H,14H2,1H3,(H,23,25). The van der Waals surface area contributed by atoms with E-state index in [1.54, 1.807) is 12.1 Å². The molecule has 2 aromatic carbocycles. The zero-order valence-electron chi connectivity index (χ0n) is 15.4. The molecule has 0 atom stereocenters. The summed E-state index contributed by atoms with van der Waals surface area (Å²) in [6.07, 6.45) is 2.66. The van der Waals surface area contributed by atoms with E-state index >= 15 is 0 Å². The number of rotatable bonds is 7. The molecule has 1 N–H and O–H groups in total. The minimum absolute atomic E-state index is 0.0608. The Labute approximate surface area is 167 Å². The molecule has 0 fully saturated rings. The molecule has 1 amide bonds. The van der Waals surface area contributed by atoms with Gasteiger partial charge in [-0.25, -0.2) is 12.8 Å². The molecular formula is C20H18FN3O4S. The van der Waals surface area contributed by atoms with E-state index in [-0.39, 0.29) is 16.3 Å². The van der Waals surface area contributed by atoms with Gasteiger partial charge in [-0.1, -0.05) is 6.07 Å². The molecule has 0 unspecified atom stereocenters. The van der Waals surface area contributed by atoms with E-state index in [2.05, 4.69) is 10.3 Å². The third-order valence-corrected chi connectivity index (χ3v) is 5.74. The second-order valence-electron chi connectivity index (χ2n) is 5.96. The summed E-state index contributed by atoms with van der Waals surface area (Å²) in [5.74, 6) is -0.603. The summed E-state index contributed by atoms with van der Waals surface area (Å²) in [6.45, 7) is -0.514. The number of methoxy groups -OCH3 is 1. The topological polar surface area (TPSA) is 88.6 Å². The number of hydrogen-bond acceptors (Lipinski definition) is 5. The molecule has 0 spiro atoms. The van der Waals surface area contributed by atoms with Crippen molar-refractivity contribution in [3.8, 4) is 5.75 Å². The van der Waals surface area contributed by atoms with Crippen molar-refractivity contribution in [3.05, 3.63) is 78.9 Å². The highest BCUT2D eigenvalue weighted by Gasteiger charge is 2.27. The van der Waals surface area contributed by atoms with Crippen molar-refractivity contribution >= 4 is 27.3 Å². The summed E-state index contributed by atoms with van der Waals surface area (Å²) in [5, 5.41) is 2.50. The van der Waals surface area contributed by atoms with Gasteiger partial charge in [-0.2, -0.15) is 0 Å². The summed E-state index contributed by atoms with van der Waals surface area (Å²) in [4.78, 5) is 16.3. The Hall–Kier alpha value is -3.46. The fourth-order valence-electron chi connectivity index (χ4n) is 2.59. The lowest BCUT2D eigenvalue weighted by molar-refractivity contribution is -0.114. The molecule has 1 heterocycles. The number of nitrogens with zero attached hydrogens (tertiary/aromatic N) is 2. The minimum atomic E-state index is -4.07. The second-order valence-corrected chi connectivity index (χ2v) is 7.82. The van der Waals surface area contributed by atoms with E-state index in [0.717, 1.165) is 10.4 Å². The first-order valence-corrected chi connectivity index (χ1v) is 9.96. The number of nitrogens with one attached hydrogen (secondary N) is 1. The predicted octanol–water partition coefficient (Wildman–Crippen LogP) is 3.06. The van der Waals surface area contributed by atoms with E-state index in [9.17, 15) is 17.6 Å². The van der Waals surface area contributed by atoms with Crippen LogP contribution in [0.5, 0.6) is 5.75 Å². The largest absolute Gasteiger partial charge is 0.497 e. The highest BCUT2D eigenvalue weighted by Crippen LogP contribution is 2.25. The Bertz CT molecular complexity index is 1090. The summed E-state index contributed by atoms with van der Waals surface area (Å²) in [6, 6.07) is 14.5. The molecule has 3 rings (SSSR count). The molecule has 0 saturated heterocycles. The van der Waals surface area contributed by atoms with Crippen molar-refractivity contribution in [1.82, 2.24) is 4.98 Å². The van der Waals surface area contributed by atoms with E-state index in [0.29, 0.717) is 5.75 Å². The smallest absolute Gasteiger partial charge is 0.266 e. The van der Waals surface area contributed by atoms with Crippen LogP contribution in [0.25, 0.3) is 0 Å². The number of ether oxygens (including phenoxy) is 1. The fraction of sp³-hybridized carbons (Fsp3) is 0.100. The van der Waals surface area contributed by atoms with Crippen LogP contribution in [0.15, 0.2) is 78.0 Å². The molecule has 9 heteroatoms. The quantitative estimate of drug-likeness (QED) is 0.641. The molecule has 0 radical (unpaired) electrons. The van der Waals surface area contributed by atoms with Crippen molar-refractivity contribution in [2.45, 2.75) is 4.90 Å². The van der Waals surface area contributed by atoms with Crippen LogP contribution in [0.4, 0.5) is 15.8 Å². The van der Waals surface area contributed by atoms with Crippen LogP contribution >= 0.6 is 0 Å². The average Bonchev–Trinajstić information content (AvgIpc) is 2.73. The molecule has 0 aliphatic heterocycles. The molecule has 150 valence electrons. The first-order valence-electron chi connectivity index (χ1n) is 8.52. The number of halogens is 1. The maximum absolute atomic E-state index is 13.4. The Morgan fingerprint density at radius 3 is 2.52 bits per heavy atom. The van der Waals surface area contributed by atoms with Crippen molar-refractivity contribution in [2.24, 2.45) is 0 Å². The number of hydrogen-bond donors (Lipinski definition) is 1. The normalized spacial score (nSPS) is 11.0. The van der Waals surface area contributed by atoms with Gasteiger partial charge < -0.3 is 10.1 Å². The average molecular weight is 415 g/mol. The Morgan fingerprint density at radius 2 is 1.90 bits per heavy atom. The van der Waals surface area contributed by atoms with Crippen LogP contribution in [0.1, 0.15) is 0 Å². The van der Waals surface area contributed by atoms with Gasteiger partial charge in [0.25, 0.3) is 10.0 Å². The van der Waals surface area contributed by atoms with Crippen LogP contribution < -0.4 is 14.4 Å². The van der Waals surface area contributed by atoms with Crippen LogP contribution in [-0.2, 0) is 14.8 Å². The zero-order valence-corrected chi connectivity index (χ0v) is 16.3. The maximum Gasteiger partial charge on any atom is 0.266 e. The molecule has 1 aromatic heterocycles. The molecular weight excluding hydrogens is 397 g/mol. The first-order chi connectivity index (χ1) is 13.9. The SMILES string of the molecule is COc1ccc(N(CC(=O)Nc2cccc(F)c2)S(=O)(=O)c2cccnc2)cc1. The van der Waals surface area contributed by atoms with Crippen LogP contribution in [0.3, 0.4) is 0 Å².